The van der Waals surface area contributed by atoms with Gasteiger partial charge in [0, 0.05) is 41.9 Å². The molecule has 1 amide bonds. The molecule has 14 nitrogen and oxygen atoms in total. The quantitative estimate of drug-likeness (QED) is 0.0523. The number of hydrogen-bond acceptors (Lipinski definition) is 11. The van der Waals surface area contributed by atoms with Gasteiger partial charge in [0.2, 0.25) is 15.9 Å². The first-order valence-electron chi connectivity index (χ1n) is 20.2. The Morgan fingerprint density at radius 2 is 1.58 bits per heavy atom. The zero-order chi connectivity index (χ0) is 43.2. The molecule has 0 saturated heterocycles. The standard InChI is InChI=1S/C44H57ClN6O8S/c1-8-9-40-38(49-44(33-12-14-35(45)15-13-33)37-27-36(55-7)16-17-39(37)51(40)32(5)46-6)28-42(52)47-18-20-56-22-24-58-25-23-57-21-19-48-60(53,54)41-26-34(11-10-29(41)2)43-30(3)50-59-31(43)4/h10-17,26-27,38,40,48H,8-9,18-25,28H2,1-7H3,(H,47,52). The molecule has 5 rings (SSSR count). The monoisotopic (exact) mass is 864 g/mol. The number of fused-ring (bicyclic) bond motifs is 1. The molecule has 0 radical (unpaired) electrons. The summed E-state index contributed by atoms with van der Waals surface area (Å²) in [5.41, 5.74) is 6.31. The second-order valence-corrected chi connectivity index (χ2v) is 16.6. The van der Waals surface area contributed by atoms with Gasteiger partial charge >= 0.3 is 0 Å². The number of ether oxygens (including phenoxy) is 4. The van der Waals surface area contributed by atoms with Gasteiger partial charge in [-0.3, -0.25) is 14.8 Å². The summed E-state index contributed by atoms with van der Waals surface area (Å²) in [6.45, 7) is 11.7. The van der Waals surface area contributed by atoms with E-state index in [0.29, 0.717) is 67.4 Å². The Labute approximate surface area is 358 Å². The number of aryl methyl sites for hydroxylation is 3. The van der Waals surface area contributed by atoms with Crippen molar-refractivity contribution in [1.29, 1.82) is 0 Å². The average molecular weight is 865 g/mol. The minimum Gasteiger partial charge on any atom is -0.497 e. The summed E-state index contributed by atoms with van der Waals surface area (Å²) in [7, 11) is -0.356. The number of carbonyl (C=O) groups is 1. The molecule has 2 atom stereocenters. The molecule has 3 aromatic carbocycles. The lowest BCUT2D eigenvalue weighted by Gasteiger charge is -2.36. The third kappa shape index (κ3) is 12.0. The summed E-state index contributed by atoms with van der Waals surface area (Å²) >= 11 is 6.27. The van der Waals surface area contributed by atoms with Crippen molar-refractivity contribution in [2.75, 3.05) is 71.8 Å². The van der Waals surface area contributed by atoms with Crippen molar-refractivity contribution in [3.63, 3.8) is 0 Å². The van der Waals surface area contributed by atoms with Crippen LogP contribution in [0, 0.1) is 20.8 Å². The molecule has 0 bridgehead atoms. The van der Waals surface area contributed by atoms with Gasteiger partial charge < -0.3 is 33.7 Å². The molecular weight excluding hydrogens is 808 g/mol. The van der Waals surface area contributed by atoms with Crippen LogP contribution in [0.5, 0.6) is 5.75 Å². The van der Waals surface area contributed by atoms with Crippen molar-refractivity contribution in [1.82, 2.24) is 15.2 Å². The summed E-state index contributed by atoms with van der Waals surface area (Å²) in [5.74, 6) is 2.02. The van der Waals surface area contributed by atoms with E-state index < -0.39 is 10.0 Å². The second-order valence-electron chi connectivity index (χ2n) is 14.4. The number of nitrogens with one attached hydrogen (secondary N) is 2. The minimum absolute atomic E-state index is 0.107. The fraction of sp³-hybridized carbons (Fsp3) is 0.455. The number of aromatic nitrogens is 1. The number of benzene rings is 3. The highest BCUT2D eigenvalue weighted by atomic mass is 35.5. The molecule has 0 fully saturated rings. The van der Waals surface area contributed by atoms with Crippen LogP contribution in [-0.4, -0.2) is 110 Å². The lowest BCUT2D eigenvalue weighted by atomic mass is 9.97. The van der Waals surface area contributed by atoms with E-state index in [2.05, 4.69) is 32.0 Å². The zero-order valence-corrected chi connectivity index (χ0v) is 37.1. The fourth-order valence-corrected chi connectivity index (χ4v) is 8.61. The Morgan fingerprint density at radius 3 is 2.22 bits per heavy atom. The Morgan fingerprint density at radius 1 is 0.917 bits per heavy atom. The first-order chi connectivity index (χ1) is 28.9. The van der Waals surface area contributed by atoms with Crippen molar-refractivity contribution >= 4 is 44.8 Å². The predicted octanol–water partition coefficient (Wildman–Crippen LogP) is 6.71. The molecule has 60 heavy (non-hydrogen) atoms. The van der Waals surface area contributed by atoms with E-state index in [0.717, 1.165) is 52.3 Å². The van der Waals surface area contributed by atoms with E-state index in [9.17, 15) is 13.2 Å². The molecule has 1 aliphatic heterocycles. The van der Waals surface area contributed by atoms with Crippen LogP contribution in [0.1, 0.15) is 61.3 Å². The lowest BCUT2D eigenvalue weighted by Crippen LogP contribution is -2.47. The van der Waals surface area contributed by atoms with E-state index in [4.69, 9.17) is 40.1 Å². The van der Waals surface area contributed by atoms with Crippen LogP contribution in [0.3, 0.4) is 0 Å². The van der Waals surface area contributed by atoms with E-state index >= 15 is 0 Å². The molecule has 0 saturated carbocycles. The Hall–Kier alpha value is -4.64. The number of sulfonamides is 1. The molecule has 0 aliphatic carbocycles. The summed E-state index contributed by atoms with van der Waals surface area (Å²) in [4.78, 5) is 25.8. The molecule has 324 valence electrons. The summed E-state index contributed by atoms with van der Waals surface area (Å²) in [6.07, 6.45) is 1.85. The lowest BCUT2D eigenvalue weighted by molar-refractivity contribution is -0.121. The van der Waals surface area contributed by atoms with Gasteiger partial charge in [-0.05, 0) is 81.6 Å². The molecule has 16 heteroatoms. The first-order valence-corrected chi connectivity index (χ1v) is 22.0. The number of aliphatic imine (C=N–C) groups is 2. The van der Waals surface area contributed by atoms with Gasteiger partial charge in [-0.2, -0.15) is 0 Å². The van der Waals surface area contributed by atoms with Gasteiger partial charge in [0.05, 0.1) is 87.2 Å². The summed E-state index contributed by atoms with van der Waals surface area (Å²) < 4.78 is 56.6. The first kappa shape index (κ1) is 46.4. The maximum Gasteiger partial charge on any atom is 0.240 e. The number of nitrogens with zero attached hydrogens (tertiary/aromatic N) is 4. The SMILES string of the molecule is CCCC1C(CC(=O)NCCOCCOCCOCCNS(=O)(=O)c2cc(-c3c(C)noc3C)ccc2C)N=C(c2ccc(Cl)cc2)c2cc(OC)ccc2N1C(C)=NC. The van der Waals surface area contributed by atoms with Crippen molar-refractivity contribution in [2.24, 2.45) is 9.98 Å². The third-order valence-corrected chi connectivity index (χ3v) is 12.1. The smallest absolute Gasteiger partial charge is 0.240 e. The molecule has 1 aliphatic rings. The van der Waals surface area contributed by atoms with Crippen molar-refractivity contribution in [3.05, 3.63) is 93.8 Å². The van der Waals surface area contributed by atoms with Crippen LogP contribution < -0.4 is 19.7 Å². The number of anilines is 1. The summed E-state index contributed by atoms with van der Waals surface area (Å²) in [5, 5.41) is 7.61. The number of methoxy groups -OCH3 is 1. The largest absolute Gasteiger partial charge is 0.497 e. The Balaban J connectivity index is 1.05. The molecule has 2 N–H and O–H groups in total. The topological polar surface area (TPSA) is 166 Å². The third-order valence-electron chi connectivity index (χ3n) is 10.2. The van der Waals surface area contributed by atoms with Crippen molar-refractivity contribution in [2.45, 2.75) is 70.9 Å². The highest BCUT2D eigenvalue weighted by Crippen LogP contribution is 2.36. The van der Waals surface area contributed by atoms with Crippen LogP contribution in [0.25, 0.3) is 11.1 Å². The molecule has 2 heterocycles. The molecule has 1 aromatic heterocycles. The predicted molar refractivity (Wildman–Crippen MR) is 236 cm³/mol. The minimum atomic E-state index is -3.77. The van der Waals surface area contributed by atoms with Crippen LogP contribution in [0.4, 0.5) is 5.69 Å². The molecule has 4 aromatic rings. The van der Waals surface area contributed by atoms with Crippen molar-refractivity contribution in [3.8, 4) is 16.9 Å². The number of benzodiazepines with no additional fused rings is 1. The van der Waals surface area contributed by atoms with Crippen LogP contribution in [0.2, 0.25) is 5.02 Å². The van der Waals surface area contributed by atoms with Gasteiger partial charge in [0.25, 0.3) is 0 Å². The second kappa shape index (κ2) is 22.3. The van der Waals surface area contributed by atoms with E-state index in [-0.39, 0.29) is 42.5 Å². The van der Waals surface area contributed by atoms with Crippen molar-refractivity contribution < 1.29 is 36.7 Å². The summed E-state index contributed by atoms with van der Waals surface area (Å²) in [6, 6.07) is 18.3. The number of amides is 1. The molecule has 2 unspecified atom stereocenters. The Bertz CT molecular complexity index is 2210. The maximum atomic E-state index is 13.5. The van der Waals surface area contributed by atoms with E-state index in [1.807, 2.05) is 62.4 Å². The van der Waals surface area contributed by atoms with E-state index in [1.54, 1.807) is 40.1 Å². The zero-order valence-electron chi connectivity index (χ0n) is 35.5. The van der Waals surface area contributed by atoms with Gasteiger partial charge in [0.1, 0.15) is 17.3 Å². The van der Waals surface area contributed by atoms with Gasteiger partial charge in [-0.15, -0.1) is 0 Å². The Kier molecular flexibility index (Phi) is 17.2. The highest BCUT2D eigenvalue weighted by Gasteiger charge is 2.36. The molecular formula is C44H57ClN6O8S. The maximum absolute atomic E-state index is 13.5. The highest BCUT2D eigenvalue weighted by molar-refractivity contribution is 7.89. The number of rotatable bonds is 21. The fourth-order valence-electron chi connectivity index (χ4n) is 7.21. The number of carbonyl (C=O) groups excluding carboxylic acids is 1. The van der Waals surface area contributed by atoms with Gasteiger partial charge in [-0.1, -0.05) is 54.4 Å². The number of halogens is 1. The molecule has 0 spiro atoms. The van der Waals surface area contributed by atoms with E-state index in [1.165, 1.54) is 0 Å². The van der Waals surface area contributed by atoms with Gasteiger partial charge in [0.15, 0.2) is 0 Å². The van der Waals surface area contributed by atoms with Gasteiger partial charge in [-0.25, -0.2) is 13.1 Å². The van der Waals surface area contributed by atoms with Crippen LogP contribution in [0.15, 0.2) is 80.1 Å². The van der Waals surface area contributed by atoms with Crippen LogP contribution >= 0.6 is 11.6 Å². The number of hydrogen-bond donors (Lipinski definition) is 2. The average Bonchev–Trinajstić information content (AvgIpc) is 3.51. The normalized spacial score (nSPS) is 15.7. The van der Waals surface area contributed by atoms with Crippen LogP contribution in [-0.2, 0) is 29.0 Å². The number of amidine groups is 1.